The summed E-state index contributed by atoms with van der Waals surface area (Å²) in [5, 5.41) is 13.6. The SMILES string of the molecule is COc1cccc(C(O)CN2CCC(NC(C)=O)(c3ccccc3F)CC2)c1. The van der Waals surface area contributed by atoms with Gasteiger partial charge in [-0.05, 0) is 36.6 Å². The van der Waals surface area contributed by atoms with Crippen molar-refractivity contribution in [1.29, 1.82) is 0 Å². The topological polar surface area (TPSA) is 61.8 Å². The van der Waals surface area contributed by atoms with Crippen molar-refractivity contribution in [2.24, 2.45) is 0 Å². The van der Waals surface area contributed by atoms with Crippen LogP contribution in [0.4, 0.5) is 4.39 Å². The molecule has 5 nitrogen and oxygen atoms in total. The minimum atomic E-state index is -0.714. The van der Waals surface area contributed by atoms with Crippen LogP contribution >= 0.6 is 0 Å². The second kappa shape index (κ2) is 8.71. The van der Waals surface area contributed by atoms with Crippen molar-refractivity contribution >= 4 is 5.91 Å². The van der Waals surface area contributed by atoms with E-state index in [4.69, 9.17) is 4.74 Å². The maximum Gasteiger partial charge on any atom is 0.217 e. The zero-order valence-electron chi connectivity index (χ0n) is 16.3. The predicted octanol–water partition coefficient (Wildman–Crippen LogP) is 3.00. The quantitative estimate of drug-likeness (QED) is 0.801. The van der Waals surface area contributed by atoms with Gasteiger partial charge in [-0.3, -0.25) is 4.79 Å². The average Bonchev–Trinajstić information content (AvgIpc) is 2.69. The number of benzene rings is 2. The fraction of sp³-hybridized carbons (Fsp3) is 0.409. The molecular weight excluding hydrogens is 359 g/mol. The van der Waals surface area contributed by atoms with Crippen LogP contribution in [0.1, 0.15) is 37.0 Å². The molecule has 0 aliphatic carbocycles. The number of aliphatic hydroxyl groups excluding tert-OH is 1. The lowest BCUT2D eigenvalue weighted by atomic mass is 9.80. The van der Waals surface area contributed by atoms with Gasteiger partial charge in [0.15, 0.2) is 0 Å². The van der Waals surface area contributed by atoms with Crippen LogP contribution in [0.25, 0.3) is 0 Å². The molecule has 28 heavy (non-hydrogen) atoms. The zero-order valence-corrected chi connectivity index (χ0v) is 16.3. The Kier molecular flexibility index (Phi) is 6.31. The molecule has 6 heteroatoms. The summed E-state index contributed by atoms with van der Waals surface area (Å²) < 4.78 is 19.7. The minimum Gasteiger partial charge on any atom is -0.497 e. The number of hydrogen-bond acceptors (Lipinski definition) is 4. The van der Waals surface area contributed by atoms with Gasteiger partial charge in [-0.15, -0.1) is 0 Å². The number of carbonyl (C=O) groups is 1. The monoisotopic (exact) mass is 386 g/mol. The number of β-amino-alcohol motifs (C(OH)–C–C–N with tert-alkyl or cyclic N) is 1. The summed E-state index contributed by atoms with van der Waals surface area (Å²) in [7, 11) is 1.60. The Bertz CT molecular complexity index is 819. The van der Waals surface area contributed by atoms with Crippen molar-refractivity contribution < 1.29 is 19.0 Å². The van der Waals surface area contributed by atoms with Crippen LogP contribution in [0, 0.1) is 5.82 Å². The van der Waals surface area contributed by atoms with Crippen LogP contribution in [0.5, 0.6) is 5.75 Å². The first-order chi connectivity index (χ1) is 13.4. The van der Waals surface area contributed by atoms with Crippen LogP contribution < -0.4 is 10.1 Å². The van der Waals surface area contributed by atoms with Gasteiger partial charge >= 0.3 is 0 Å². The van der Waals surface area contributed by atoms with Gasteiger partial charge < -0.3 is 20.1 Å². The summed E-state index contributed by atoms with van der Waals surface area (Å²) in [4.78, 5) is 14.0. The molecule has 0 radical (unpaired) electrons. The van der Waals surface area contributed by atoms with E-state index >= 15 is 0 Å². The highest BCUT2D eigenvalue weighted by Gasteiger charge is 2.39. The molecule has 2 aromatic rings. The highest BCUT2D eigenvalue weighted by Crippen LogP contribution is 2.35. The Morgan fingerprint density at radius 1 is 1.25 bits per heavy atom. The third-order valence-electron chi connectivity index (χ3n) is 5.42. The van der Waals surface area contributed by atoms with E-state index in [0.29, 0.717) is 43.8 Å². The van der Waals surface area contributed by atoms with Crippen molar-refractivity contribution in [3.05, 3.63) is 65.5 Å². The van der Waals surface area contributed by atoms with Crippen molar-refractivity contribution in [2.45, 2.75) is 31.4 Å². The first-order valence-electron chi connectivity index (χ1n) is 9.52. The molecule has 0 spiro atoms. The highest BCUT2D eigenvalue weighted by molar-refractivity contribution is 5.74. The van der Waals surface area contributed by atoms with E-state index in [1.165, 1.54) is 13.0 Å². The largest absolute Gasteiger partial charge is 0.497 e. The summed E-state index contributed by atoms with van der Waals surface area (Å²) in [6.07, 6.45) is 0.522. The normalized spacial score (nSPS) is 17.7. The number of halogens is 1. The van der Waals surface area contributed by atoms with Crippen LogP contribution in [-0.2, 0) is 10.3 Å². The Balaban J connectivity index is 1.70. The van der Waals surface area contributed by atoms with Crippen LogP contribution in [-0.4, -0.2) is 42.7 Å². The molecule has 150 valence electrons. The molecule has 2 N–H and O–H groups in total. The number of piperidine rings is 1. The standard InChI is InChI=1S/C22H27FN2O3/c1-16(26)24-22(19-8-3-4-9-20(19)23)10-12-25(13-11-22)15-21(27)17-6-5-7-18(14-17)28-2/h3-9,14,21,27H,10-13,15H2,1-2H3,(H,24,26). The van der Waals surface area contributed by atoms with Gasteiger partial charge in [-0.25, -0.2) is 4.39 Å². The van der Waals surface area contributed by atoms with Crippen molar-refractivity contribution in [3.8, 4) is 5.75 Å². The van der Waals surface area contributed by atoms with Gasteiger partial charge in [0, 0.05) is 32.1 Å². The molecular formula is C22H27FN2O3. The lowest BCUT2D eigenvalue weighted by Gasteiger charge is -2.43. The number of amides is 1. The van der Waals surface area contributed by atoms with E-state index in [0.717, 1.165) is 5.56 Å². The molecule has 1 heterocycles. The molecule has 1 fully saturated rings. The first-order valence-corrected chi connectivity index (χ1v) is 9.52. The van der Waals surface area contributed by atoms with Crippen LogP contribution in [0.15, 0.2) is 48.5 Å². The Hall–Kier alpha value is -2.44. The van der Waals surface area contributed by atoms with E-state index in [9.17, 15) is 14.3 Å². The van der Waals surface area contributed by atoms with Crippen molar-refractivity contribution in [3.63, 3.8) is 0 Å². The zero-order chi connectivity index (χ0) is 20.1. The number of likely N-dealkylation sites (tertiary alicyclic amines) is 1. The maximum absolute atomic E-state index is 14.5. The van der Waals surface area contributed by atoms with E-state index in [1.54, 1.807) is 25.3 Å². The summed E-state index contributed by atoms with van der Waals surface area (Å²) in [6.45, 7) is 3.23. The summed E-state index contributed by atoms with van der Waals surface area (Å²) in [5.74, 6) is 0.230. The molecule has 1 aliphatic heterocycles. The number of methoxy groups -OCH3 is 1. The lowest BCUT2D eigenvalue weighted by molar-refractivity contribution is -0.121. The summed E-state index contributed by atoms with van der Waals surface area (Å²) >= 11 is 0. The number of hydrogen-bond donors (Lipinski definition) is 2. The van der Waals surface area contributed by atoms with E-state index < -0.39 is 11.6 Å². The van der Waals surface area contributed by atoms with E-state index in [2.05, 4.69) is 10.2 Å². The predicted molar refractivity (Wildman–Crippen MR) is 106 cm³/mol. The Morgan fingerprint density at radius 3 is 2.61 bits per heavy atom. The van der Waals surface area contributed by atoms with Crippen molar-refractivity contribution in [1.82, 2.24) is 10.2 Å². The first kappa shape index (κ1) is 20.3. The smallest absolute Gasteiger partial charge is 0.217 e. The van der Waals surface area contributed by atoms with Gasteiger partial charge in [0.05, 0.1) is 18.8 Å². The van der Waals surface area contributed by atoms with Gasteiger partial charge in [-0.1, -0.05) is 30.3 Å². The van der Waals surface area contributed by atoms with Gasteiger partial charge in [0.2, 0.25) is 5.91 Å². The third kappa shape index (κ3) is 4.51. The molecule has 1 unspecified atom stereocenters. The maximum atomic E-state index is 14.5. The van der Waals surface area contributed by atoms with Gasteiger partial charge in [-0.2, -0.15) is 0 Å². The molecule has 1 aliphatic rings. The Morgan fingerprint density at radius 2 is 1.96 bits per heavy atom. The lowest BCUT2D eigenvalue weighted by Crippen LogP contribution is -2.53. The number of nitrogens with zero attached hydrogens (tertiary/aromatic N) is 1. The molecule has 2 aromatic carbocycles. The molecule has 3 rings (SSSR count). The summed E-state index contributed by atoms with van der Waals surface area (Å²) in [5.41, 5.74) is 0.611. The van der Waals surface area contributed by atoms with Crippen LogP contribution in [0.2, 0.25) is 0 Å². The number of nitrogens with one attached hydrogen (secondary N) is 1. The van der Waals surface area contributed by atoms with E-state index in [1.807, 2.05) is 24.3 Å². The fourth-order valence-electron chi connectivity index (χ4n) is 3.96. The molecule has 0 aromatic heterocycles. The Labute approximate surface area is 165 Å². The molecule has 0 bridgehead atoms. The second-order valence-corrected chi connectivity index (χ2v) is 7.34. The minimum absolute atomic E-state index is 0.173. The highest BCUT2D eigenvalue weighted by atomic mass is 19.1. The van der Waals surface area contributed by atoms with Gasteiger partial charge in [0.25, 0.3) is 0 Å². The number of ether oxygens (including phenoxy) is 1. The van der Waals surface area contributed by atoms with Crippen molar-refractivity contribution in [2.75, 3.05) is 26.7 Å². The van der Waals surface area contributed by atoms with E-state index in [-0.39, 0.29) is 11.7 Å². The fourth-order valence-corrected chi connectivity index (χ4v) is 3.96. The molecule has 1 saturated heterocycles. The summed E-state index contributed by atoms with van der Waals surface area (Å²) in [6, 6.07) is 14.0. The molecule has 1 amide bonds. The number of rotatable bonds is 6. The number of aliphatic hydroxyl groups is 1. The second-order valence-electron chi connectivity index (χ2n) is 7.34. The molecule has 0 saturated carbocycles. The average molecular weight is 386 g/mol. The van der Waals surface area contributed by atoms with Gasteiger partial charge in [0.1, 0.15) is 11.6 Å². The molecule has 1 atom stereocenters. The van der Waals surface area contributed by atoms with Crippen LogP contribution in [0.3, 0.4) is 0 Å². The third-order valence-corrected chi connectivity index (χ3v) is 5.42. The number of carbonyl (C=O) groups excluding carboxylic acids is 1.